The summed E-state index contributed by atoms with van der Waals surface area (Å²) in [5, 5.41) is 8.03. The van der Waals surface area contributed by atoms with Gasteiger partial charge < -0.3 is 0 Å². The van der Waals surface area contributed by atoms with Gasteiger partial charge in [-0.15, -0.1) is 5.10 Å². The van der Waals surface area contributed by atoms with E-state index in [-0.39, 0.29) is 5.75 Å². The molecule has 0 amide bonds. The molecule has 1 aliphatic rings. The normalized spacial score (nSPS) is 17.3. The summed E-state index contributed by atoms with van der Waals surface area (Å²) in [4.78, 5) is 0. The third-order valence-corrected chi connectivity index (χ3v) is 5.29. The van der Waals surface area contributed by atoms with E-state index in [9.17, 15) is 8.42 Å². The number of hydrogen-bond donors (Lipinski definition) is 0. The van der Waals surface area contributed by atoms with Crippen molar-refractivity contribution in [2.24, 2.45) is 0 Å². The van der Waals surface area contributed by atoms with Crippen molar-refractivity contribution in [3.63, 3.8) is 0 Å². The highest BCUT2D eigenvalue weighted by atomic mass is 32.2. The summed E-state index contributed by atoms with van der Waals surface area (Å²) < 4.78 is 27.5. The highest BCUT2D eigenvalue weighted by Crippen LogP contribution is 2.14. The van der Waals surface area contributed by atoms with Crippen LogP contribution in [-0.4, -0.2) is 46.6 Å². The number of nitrogens with zero attached hydrogens (tertiary/aromatic N) is 4. The van der Waals surface area contributed by atoms with E-state index in [1.165, 1.54) is 0 Å². The van der Waals surface area contributed by atoms with Gasteiger partial charge in [-0.25, -0.2) is 17.4 Å². The number of sulfonamides is 1. The van der Waals surface area contributed by atoms with E-state index in [2.05, 4.69) is 10.3 Å². The Morgan fingerprint density at radius 1 is 1.16 bits per heavy atom. The Hall–Kier alpha value is -1.47. The number of hydrogen-bond acceptors (Lipinski definition) is 4. The number of para-hydroxylation sites is 1. The van der Waals surface area contributed by atoms with Gasteiger partial charge in [0, 0.05) is 13.1 Å². The molecule has 0 N–H and O–H groups in total. The summed E-state index contributed by atoms with van der Waals surface area (Å²) in [7, 11) is -3.16. The second-order valence-electron chi connectivity index (χ2n) is 4.72. The predicted molar refractivity (Wildman–Crippen MR) is 72.1 cm³/mol. The van der Waals surface area contributed by atoms with Gasteiger partial charge in [0.15, 0.2) is 0 Å². The summed E-state index contributed by atoms with van der Waals surface area (Å²) in [6.45, 7) is 1.65. The second kappa shape index (κ2) is 4.90. The molecule has 0 aliphatic carbocycles. The molecule has 1 aromatic heterocycles. The Balaban J connectivity index is 1.75. The zero-order valence-corrected chi connectivity index (χ0v) is 11.4. The number of rotatable bonds is 4. The minimum absolute atomic E-state index is 0.0837. The Labute approximate surface area is 112 Å². The molecule has 102 valence electrons. The van der Waals surface area contributed by atoms with Crippen LogP contribution in [0.15, 0.2) is 24.3 Å². The van der Waals surface area contributed by atoms with Crippen molar-refractivity contribution < 1.29 is 8.42 Å². The Bertz CT molecular complexity index is 674. The minimum Gasteiger partial charge on any atom is -0.244 e. The third kappa shape index (κ3) is 2.48. The van der Waals surface area contributed by atoms with Crippen LogP contribution in [0.25, 0.3) is 11.0 Å². The van der Waals surface area contributed by atoms with Gasteiger partial charge in [-0.05, 0) is 25.0 Å². The highest BCUT2D eigenvalue weighted by Gasteiger charge is 2.25. The Morgan fingerprint density at radius 2 is 1.89 bits per heavy atom. The van der Waals surface area contributed by atoms with Crippen LogP contribution < -0.4 is 0 Å². The summed E-state index contributed by atoms with van der Waals surface area (Å²) in [6.07, 6.45) is 1.93. The van der Waals surface area contributed by atoms with Crippen LogP contribution in [0.5, 0.6) is 0 Å². The molecule has 3 rings (SSSR count). The first-order chi connectivity index (χ1) is 9.17. The molecule has 2 heterocycles. The lowest BCUT2D eigenvalue weighted by Crippen LogP contribution is -2.31. The monoisotopic (exact) mass is 280 g/mol. The van der Waals surface area contributed by atoms with Crippen LogP contribution in [-0.2, 0) is 16.6 Å². The number of fused-ring (bicyclic) bond motifs is 1. The van der Waals surface area contributed by atoms with Crippen LogP contribution in [0.4, 0.5) is 0 Å². The third-order valence-electron chi connectivity index (χ3n) is 3.44. The molecule has 0 bridgehead atoms. The molecule has 7 heteroatoms. The van der Waals surface area contributed by atoms with Gasteiger partial charge >= 0.3 is 0 Å². The molecule has 0 spiro atoms. The zero-order chi connectivity index (χ0) is 13.3. The van der Waals surface area contributed by atoms with E-state index in [1.54, 1.807) is 8.99 Å². The van der Waals surface area contributed by atoms with Crippen molar-refractivity contribution in [3.8, 4) is 0 Å². The van der Waals surface area contributed by atoms with E-state index in [0.717, 1.165) is 23.9 Å². The molecule has 2 aromatic rings. The fourth-order valence-electron chi connectivity index (χ4n) is 2.38. The first-order valence-corrected chi connectivity index (χ1v) is 8.04. The smallest absolute Gasteiger partial charge is 0.215 e. The van der Waals surface area contributed by atoms with Gasteiger partial charge in [0.25, 0.3) is 0 Å². The average molecular weight is 280 g/mol. The summed E-state index contributed by atoms with van der Waals surface area (Å²) >= 11 is 0. The topological polar surface area (TPSA) is 68.1 Å². The van der Waals surface area contributed by atoms with Crippen molar-refractivity contribution in [2.45, 2.75) is 19.4 Å². The minimum atomic E-state index is -3.16. The van der Waals surface area contributed by atoms with Crippen molar-refractivity contribution in [1.82, 2.24) is 19.3 Å². The maximum absolute atomic E-state index is 12.1. The lowest BCUT2D eigenvalue weighted by molar-refractivity contribution is 0.471. The summed E-state index contributed by atoms with van der Waals surface area (Å²) in [5.41, 5.74) is 1.67. The Kier molecular flexibility index (Phi) is 3.24. The Morgan fingerprint density at radius 3 is 2.68 bits per heavy atom. The second-order valence-corrected chi connectivity index (χ2v) is 6.81. The zero-order valence-electron chi connectivity index (χ0n) is 10.6. The van der Waals surface area contributed by atoms with Gasteiger partial charge in [-0.3, -0.25) is 0 Å². The van der Waals surface area contributed by atoms with E-state index in [1.807, 2.05) is 24.3 Å². The van der Waals surface area contributed by atoms with Gasteiger partial charge in [-0.2, -0.15) is 0 Å². The maximum Gasteiger partial charge on any atom is 0.215 e. The highest BCUT2D eigenvalue weighted by molar-refractivity contribution is 7.89. The average Bonchev–Trinajstić information content (AvgIpc) is 3.07. The summed E-state index contributed by atoms with van der Waals surface area (Å²) in [5.74, 6) is 0.0837. The predicted octanol–water partition coefficient (Wildman–Crippen LogP) is 0.857. The van der Waals surface area contributed by atoms with Gasteiger partial charge in [0.2, 0.25) is 10.0 Å². The van der Waals surface area contributed by atoms with Crippen LogP contribution in [0.3, 0.4) is 0 Å². The number of aryl methyl sites for hydroxylation is 1. The first kappa shape index (κ1) is 12.6. The largest absolute Gasteiger partial charge is 0.244 e. The van der Waals surface area contributed by atoms with Crippen LogP contribution >= 0.6 is 0 Å². The van der Waals surface area contributed by atoms with Crippen molar-refractivity contribution in [1.29, 1.82) is 0 Å². The van der Waals surface area contributed by atoms with Crippen LogP contribution in [0, 0.1) is 0 Å². The van der Waals surface area contributed by atoms with Gasteiger partial charge in [0.05, 0.1) is 17.8 Å². The molecule has 0 radical (unpaired) electrons. The van der Waals surface area contributed by atoms with E-state index < -0.39 is 10.0 Å². The SMILES string of the molecule is O=S(=O)(CCn1nnc2ccccc21)N1CCCC1. The summed E-state index contributed by atoms with van der Waals surface area (Å²) in [6, 6.07) is 7.56. The molecular formula is C12H16N4O2S. The van der Waals surface area contributed by atoms with Crippen LogP contribution in [0.2, 0.25) is 0 Å². The fourth-order valence-corrected chi connectivity index (χ4v) is 3.86. The molecule has 1 aliphatic heterocycles. The number of aromatic nitrogens is 3. The quantitative estimate of drug-likeness (QED) is 0.833. The molecule has 1 saturated heterocycles. The van der Waals surface area contributed by atoms with Crippen molar-refractivity contribution in [3.05, 3.63) is 24.3 Å². The fraction of sp³-hybridized carbons (Fsp3) is 0.500. The molecular weight excluding hydrogens is 264 g/mol. The van der Waals surface area contributed by atoms with E-state index in [4.69, 9.17) is 0 Å². The molecule has 19 heavy (non-hydrogen) atoms. The lowest BCUT2D eigenvalue weighted by Gasteiger charge is -2.15. The van der Waals surface area contributed by atoms with Crippen LogP contribution in [0.1, 0.15) is 12.8 Å². The van der Waals surface area contributed by atoms with Crippen molar-refractivity contribution >= 4 is 21.1 Å². The van der Waals surface area contributed by atoms with E-state index >= 15 is 0 Å². The standard InChI is InChI=1S/C12H16N4O2S/c17-19(18,15-7-3-4-8-15)10-9-16-12-6-2-1-5-11(12)13-14-16/h1-2,5-6H,3-4,7-10H2. The van der Waals surface area contributed by atoms with Crippen molar-refractivity contribution in [2.75, 3.05) is 18.8 Å². The van der Waals surface area contributed by atoms with E-state index in [0.29, 0.717) is 19.6 Å². The first-order valence-electron chi connectivity index (χ1n) is 6.43. The van der Waals surface area contributed by atoms with Gasteiger partial charge in [0.1, 0.15) is 5.52 Å². The molecule has 1 aromatic carbocycles. The molecule has 0 saturated carbocycles. The maximum atomic E-state index is 12.1. The lowest BCUT2D eigenvalue weighted by atomic mass is 10.3. The molecule has 6 nitrogen and oxygen atoms in total. The molecule has 1 fully saturated rings. The van der Waals surface area contributed by atoms with Gasteiger partial charge in [-0.1, -0.05) is 17.3 Å². The molecule has 0 unspecified atom stereocenters. The molecule has 0 atom stereocenters. The number of benzene rings is 1.